The van der Waals surface area contributed by atoms with E-state index in [4.69, 9.17) is 4.74 Å². The van der Waals surface area contributed by atoms with Crippen molar-refractivity contribution in [3.05, 3.63) is 59.2 Å². The molecular weight excluding hydrogens is 406 g/mol. The molecule has 2 saturated heterocycles. The number of fused-ring (bicyclic) bond motifs is 1. The fraction of sp³-hybridized carbons (Fsp3) is 0.480. The first-order valence-corrected chi connectivity index (χ1v) is 11.4. The van der Waals surface area contributed by atoms with Crippen molar-refractivity contribution in [1.29, 1.82) is 0 Å². The number of nitrogens with one attached hydrogen (secondary N) is 2. The molecule has 4 atom stereocenters. The summed E-state index contributed by atoms with van der Waals surface area (Å²) >= 11 is 0. The lowest BCUT2D eigenvalue weighted by Gasteiger charge is -2.31. The quantitative estimate of drug-likeness (QED) is 0.505. The molecular formula is C25H33N3O4. The van der Waals surface area contributed by atoms with E-state index in [9.17, 15) is 15.0 Å². The second-order valence-corrected chi connectivity index (χ2v) is 9.19. The number of aryl methyl sites for hydroxylation is 1. The normalized spacial score (nSPS) is 24.9. The molecule has 2 heterocycles. The van der Waals surface area contributed by atoms with Gasteiger partial charge in [-0.3, -0.25) is 4.79 Å². The average Bonchev–Trinajstić information content (AvgIpc) is 3.29. The smallest absolute Gasteiger partial charge is 0.242 e. The van der Waals surface area contributed by atoms with Crippen LogP contribution >= 0.6 is 0 Å². The summed E-state index contributed by atoms with van der Waals surface area (Å²) in [5.74, 6) is 1.32. The van der Waals surface area contributed by atoms with Crippen LogP contribution in [0.4, 0.5) is 0 Å². The summed E-state index contributed by atoms with van der Waals surface area (Å²) in [6, 6.07) is 12.4. The van der Waals surface area contributed by atoms with Crippen molar-refractivity contribution in [3.8, 4) is 11.5 Å². The number of rotatable bonds is 8. The summed E-state index contributed by atoms with van der Waals surface area (Å²) in [6.45, 7) is 7.09. The summed E-state index contributed by atoms with van der Waals surface area (Å²) in [6.07, 6.45) is 0.968. The van der Waals surface area contributed by atoms with Crippen LogP contribution in [0, 0.1) is 18.8 Å². The van der Waals surface area contributed by atoms with Gasteiger partial charge >= 0.3 is 0 Å². The van der Waals surface area contributed by atoms with Crippen LogP contribution in [0.15, 0.2) is 42.5 Å². The van der Waals surface area contributed by atoms with Gasteiger partial charge in [0.25, 0.3) is 0 Å². The van der Waals surface area contributed by atoms with Crippen molar-refractivity contribution in [3.63, 3.8) is 0 Å². The first-order valence-electron chi connectivity index (χ1n) is 11.4. The van der Waals surface area contributed by atoms with Gasteiger partial charge in [0.05, 0.1) is 25.3 Å². The molecule has 172 valence electrons. The van der Waals surface area contributed by atoms with Crippen LogP contribution in [0.3, 0.4) is 0 Å². The average molecular weight is 440 g/mol. The standard InChI is InChI=1S/C25H33N3O4/c1-15(2)9-12-32-18-6-4-5-17(14-18)24-21-22(19-13-16(3)7-8-20(19)30)26-27-23(21)25(31)28(24)10-11-29/h4-8,13-15,21-24,26-27,29-30H,9-12H2,1-3H3. The van der Waals surface area contributed by atoms with Crippen molar-refractivity contribution in [1.82, 2.24) is 15.8 Å². The number of nitrogens with zero attached hydrogens (tertiary/aromatic N) is 1. The minimum Gasteiger partial charge on any atom is -0.508 e. The van der Waals surface area contributed by atoms with Crippen LogP contribution in [0.2, 0.25) is 0 Å². The number of β-amino-alcohol motifs (C(OH)–C–C–N with tert-alkyl or cyclic N) is 1. The van der Waals surface area contributed by atoms with Crippen LogP contribution in [-0.4, -0.2) is 46.8 Å². The zero-order chi connectivity index (χ0) is 22.8. The van der Waals surface area contributed by atoms with E-state index in [1.54, 1.807) is 11.0 Å². The van der Waals surface area contributed by atoms with Crippen molar-refractivity contribution in [2.45, 2.75) is 45.3 Å². The van der Waals surface area contributed by atoms with Crippen molar-refractivity contribution in [2.75, 3.05) is 19.8 Å². The third-order valence-electron chi connectivity index (χ3n) is 6.44. The maximum Gasteiger partial charge on any atom is 0.242 e. The zero-order valence-electron chi connectivity index (χ0n) is 18.9. The molecule has 0 bridgehead atoms. The van der Waals surface area contributed by atoms with E-state index in [1.807, 2.05) is 43.3 Å². The van der Waals surface area contributed by atoms with Gasteiger partial charge in [-0.25, -0.2) is 10.9 Å². The Morgan fingerprint density at radius 1 is 1.12 bits per heavy atom. The Labute approximate surface area is 189 Å². The van der Waals surface area contributed by atoms with Crippen LogP contribution < -0.4 is 15.6 Å². The number of aromatic hydroxyl groups is 1. The van der Waals surface area contributed by atoms with Crippen LogP contribution in [0.25, 0.3) is 0 Å². The zero-order valence-corrected chi connectivity index (χ0v) is 18.9. The van der Waals surface area contributed by atoms with E-state index in [-0.39, 0.29) is 42.8 Å². The molecule has 2 fully saturated rings. The van der Waals surface area contributed by atoms with E-state index in [2.05, 4.69) is 24.7 Å². The third kappa shape index (κ3) is 4.33. The van der Waals surface area contributed by atoms with Gasteiger partial charge in [-0.05, 0) is 43.0 Å². The number of hydrazine groups is 1. The number of likely N-dealkylation sites (tertiary alicyclic amines) is 1. The van der Waals surface area contributed by atoms with Gasteiger partial charge in [-0.15, -0.1) is 0 Å². The van der Waals surface area contributed by atoms with Crippen molar-refractivity contribution < 1.29 is 19.7 Å². The number of phenolic OH excluding ortho intramolecular Hbond substituents is 1. The lowest BCUT2D eigenvalue weighted by molar-refractivity contribution is -0.131. The fourth-order valence-electron chi connectivity index (χ4n) is 4.85. The number of aliphatic hydroxyl groups excluding tert-OH is 1. The minimum atomic E-state index is -0.443. The molecule has 0 spiro atoms. The van der Waals surface area contributed by atoms with Crippen molar-refractivity contribution >= 4 is 5.91 Å². The number of amides is 1. The van der Waals surface area contributed by atoms with Gasteiger partial charge in [-0.1, -0.05) is 43.7 Å². The Bertz CT molecular complexity index is 964. The van der Waals surface area contributed by atoms with Gasteiger partial charge < -0.3 is 19.8 Å². The number of carbonyl (C=O) groups is 1. The van der Waals surface area contributed by atoms with Gasteiger partial charge in [0.15, 0.2) is 0 Å². The molecule has 1 amide bonds. The number of hydrogen-bond acceptors (Lipinski definition) is 6. The molecule has 4 rings (SSSR count). The Hall–Kier alpha value is -2.61. The first kappa shape index (κ1) is 22.6. The molecule has 0 radical (unpaired) electrons. The highest BCUT2D eigenvalue weighted by molar-refractivity contribution is 5.86. The molecule has 4 N–H and O–H groups in total. The molecule has 0 saturated carbocycles. The largest absolute Gasteiger partial charge is 0.508 e. The predicted octanol–water partition coefficient (Wildman–Crippen LogP) is 2.84. The predicted molar refractivity (Wildman–Crippen MR) is 122 cm³/mol. The van der Waals surface area contributed by atoms with Gasteiger partial charge in [-0.2, -0.15) is 0 Å². The third-order valence-corrected chi connectivity index (χ3v) is 6.44. The molecule has 2 aliphatic rings. The molecule has 7 nitrogen and oxygen atoms in total. The second-order valence-electron chi connectivity index (χ2n) is 9.19. The molecule has 32 heavy (non-hydrogen) atoms. The summed E-state index contributed by atoms with van der Waals surface area (Å²) in [5, 5.41) is 20.2. The van der Waals surface area contributed by atoms with E-state index in [1.165, 1.54) is 0 Å². The molecule has 2 aromatic rings. The minimum absolute atomic E-state index is 0.0534. The van der Waals surface area contributed by atoms with Gasteiger partial charge in [0, 0.05) is 18.0 Å². The Balaban J connectivity index is 1.69. The highest BCUT2D eigenvalue weighted by Gasteiger charge is 2.55. The van der Waals surface area contributed by atoms with Gasteiger partial charge in [0.2, 0.25) is 5.91 Å². The summed E-state index contributed by atoms with van der Waals surface area (Å²) < 4.78 is 5.97. The molecule has 2 aliphatic heterocycles. The summed E-state index contributed by atoms with van der Waals surface area (Å²) in [4.78, 5) is 15.0. The highest BCUT2D eigenvalue weighted by Crippen LogP contribution is 2.48. The molecule has 2 aromatic carbocycles. The Kier molecular flexibility index (Phi) is 6.69. The molecule has 4 unspecified atom stereocenters. The number of aliphatic hydroxyl groups is 1. The first-order chi connectivity index (χ1) is 15.4. The maximum atomic E-state index is 13.2. The fourth-order valence-corrected chi connectivity index (χ4v) is 4.85. The number of ether oxygens (including phenoxy) is 1. The van der Waals surface area contributed by atoms with Gasteiger partial charge in [0.1, 0.15) is 17.5 Å². The summed E-state index contributed by atoms with van der Waals surface area (Å²) in [5.41, 5.74) is 9.16. The lowest BCUT2D eigenvalue weighted by Crippen LogP contribution is -2.42. The number of benzene rings is 2. The highest BCUT2D eigenvalue weighted by atomic mass is 16.5. The number of carbonyl (C=O) groups excluding carboxylic acids is 1. The number of phenols is 1. The molecule has 7 heteroatoms. The summed E-state index contributed by atoms with van der Waals surface area (Å²) in [7, 11) is 0. The monoisotopic (exact) mass is 439 g/mol. The van der Waals surface area contributed by atoms with E-state index >= 15 is 0 Å². The Morgan fingerprint density at radius 3 is 2.66 bits per heavy atom. The second kappa shape index (κ2) is 9.48. The van der Waals surface area contributed by atoms with E-state index in [0.29, 0.717) is 12.5 Å². The van der Waals surface area contributed by atoms with E-state index < -0.39 is 6.04 Å². The SMILES string of the molecule is Cc1ccc(O)c(C2NNC3C(=O)N(CCO)C(c4cccc(OCCC(C)C)c4)C32)c1. The number of hydrogen-bond donors (Lipinski definition) is 4. The topological polar surface area (TPSA) is 94.1 Å². The lowest BCUT2D eigenvalue weighted by atomic mass is 9.82. The van der Waals surface area contributed by atoms with Crippen LogP contribution in [0.1, 0.15) is 49.0 Å². The van der Waals surface area contributed by atoms with E-state index in [0.717, 1.165) is 28.9 Å². The van der Waals surface area contributed by atoms with Crippen LogP contribution in [0.5, 0.6) is 11.5 Å². The maximum absolute atomic E-state index is 13.2. The van der Waals surface area contributed by atoms with Crippen LogP contribution in [-0.2, 0) is 4.79 Å². The molecule has 0 aliphatic carbocycles. The van der Waals surface area contributed by atoms with Crippen molar-refractivity contribution in [2.24, 2.45) is 11.8 Å². The molecule has 0 aromatic heterocycles. The Morgan fingerprint density at radius 2 is 1.91 bits per heavy atom.